The molecule has 0 saturated carbocycles. The van der Waals surface area contributed by atoms with Gasteiger partial charge in [-0.3, -0.25) is 19.8 Å². The summed E-state index contributed by atoms with van der Waals surface area (Å²) < 4.78 is 5.38. The molecule has 1 aliphatic heterocycles. The van der Waals surface area contributed by atoms with Crippen LogP contribution in [0.25, 0.3) is 6.08 Å². The second-order valence-electron chi connectivity index (χ2n) is 8.26. The number of nitrogens with zero attached hydrogens (tertiary/aromatic N) is 3. The number of amidine groups is 1. The monoisotopic (exact) mass is 517 g/mol. The third-order valence-corrected chi connectivity index (χ3v) is 6.83. The highest BCUT2D eigenvalue weighted by Gasteiger charge is 2.35. The lowest BCUT2D eigenvalue weighted by Crippen LogP contribution is -2.28. The van der Waals surface area contributed by atoms with E-state index in [1.165, 1.54) is 28.7 Å². The number of amides is 1. The van der Waals surface area contributed by atoms with E-state index in [0.717, 1.165) is 30.2 Å². The fraction of sp³-hybridized carbons (Fsp3) is 0.214. The van der Waals surface area contributed by atoms with Crippen molar-refractivity contribution in [3.8, 4) is 11.5 Å². The van der Waals surface area contributed by atoms with Crippen molar-refractivity contribution >= 4 is 46.0 Å². The number of rotatable bonds is 8. The van der Waals surface area contributed by atoms with Gasteiger partial charge in [0.2, 0.25) is 0 Å². The molecule has 1 heterocycles. The number of ether oxygens (including phenoxy) is 1. The topological polar surface area (TPSA) is 105 Å². The van der Waals surface area contributed by atoms with Gasteiger partial charge in [0.25, 0.3) is 11.6 Å². The largest absolute Gasteiger partial charge is 0.504 e. The molecule has 4 rings (SSSR count). The third-order valence-electron chi connectivity index (χ3n) is 5.86. The number of hydrogen-bond donors (Lipinski definition) is 1. The SMILES string of the molecule is CCOc1cc([N+](=O)[O-])cc(/C=C2\SC(=Nc3ccc(CC)cc3)N(c3ccc(CC)cc3)C2=O)c1O. The quantitative estimate of drug-likeness (QED) is 0.204. The fourth-order valence-corrected chi connectivity index (χ4v) is 4.80. The van der Waals surface area contributed by atoms with Crippen molar-refractivity contribution in [1.82, 2.24) is 0 Å². The number of phenolic OH excluding ortho intramolecular Hbond substituents is 1. The summed E-state index contributed by atoms with van der Waals surface area (Å²) in [4.78, 5) is 31.0. The maximum absolute atomic E-state index is 13.6. The first-order valence-electron chi connectivity index (χ1n) is 12.0. The number of carbonyl (C=O) groups excluding carboxylic acids is 1. The maximum Gasteiger partial charge on any atom is 0.274 e. The summed E-state index contributed by atoms with van der Waals surface area (Å²) in [5.41, 5.74) is 3.53. The molecule has 0 radical (unpaired) electrons. The van der Waals surface area contributed by atoms with Gasteiger partial charge in [0.1, 0.15) is 0 Å². The first kappa shape index (κ1) is 26.0. The summed E-state index contributed by atoms with van der Waals surface area (Å²) in [7, 11) is 0. The number of nitro benzene ring substituents is 1. The Morgan fingerprint density at radius 2 is 1.65 bits per heavy atom. The highest BCUT2D eigenvalue weighted by Crippen LogP contribution is 2.41. The van der Waals surface area contributed by atoms with Crippen LogP contribution in [0, 0.1) is 10.1 Å². The highest BCUT2D eigenvalue weighted by atomic mass is 32.2. The van der Waals surface area contributed by atoms with Crippen molar-refractivity contribution in [2.24, 2.45) is 4.99 Å². The zero-order chi connectivity index (χ0) is 26.5. The van der Waals surface area contributed by atoms with Crippen LogP contribution >= 0.6 is 11.8 Å². The Morgan fingerprint density at radius 1 is 1.03 bits per heavy atom. The Bertz CT molecular complexity index is 1380. The number of anilines is 1. The van der Waals surface area contributed by atoms with E-state index in [-0.39, 0.29) is 40.2 Å². The number of aromatic hydroxyl groups is 1. The Labute approximate surface area is 219 Å². The molecule has 9 heteroatoms. The van der Waals surface area contributed by atoms with E-state index in [1.807, 2.05) is 48.5 Å². The molecule has 0 spiro atoms. The second kappa shape index (κ2) is 11.3. The van der Waals surface area contributed by atoms with Crippen LogP contribution in [0.4, 0.5) is 17.1 Å². The number of non-ortho nitro benzene ring substituents is 1. The molecule has 1 saturated heterocycles. The maximum atomic E-state index is 13.6. The predicted octanol–water partition coefficient (Wildman–Crippen LogP) is 6.63. The molecule has 0 atom stereocenters. The summed E-state index contributed by atoms with van der Waals surface area (Å²) in [5.74, 6) is -0.634. The molecule has 1 fully saturated rings. The lowest BCUT2D eigenvalue weighted by molar-refractivity contribution is -0.385. The number of nitro groups is 1. The van der Waals surface area contributed by atoms with Crippen LogP contribution in [0.3, 0.4) is 0 Å². The molecule has 8 nitrogen and oxygen atoms in total. The van der Waals surface area contributed by atoms with Gasteiger partial charge >= 0.3 is 0 Å². The van der Waals surface area contributed by atoms with E-state index in [1.54, 1.807) is 6.92 Å². The van der Waals surface area contributed by atoms with Gasteiger partial charge in [0.05, 0.1) is 33.9 Å². The zero-order valence-electron chi connectivity index (χ0n) is 20.8. The van der Waals surface area contributed by atoms with E-state index in [4.69, 9.17) is 9.73 Å². The van der Waals surface area contributed by atoms with Crippen LogP contribution in [0.1, 0.15) is 37.5 Å². The molecule has 0 bridgehead atoms. The number of carbonyl (C=O) groups is 1. The summed E-state index contributed by atoms with van der Waals surface area (Å²) >= 11 is 1.14. The van der Waals surface area contributed by atoms with Gasteiger partial charge < -0.3 is 9.84 Å². The summed E-state index contributed by atoms with van der Waals surface area (Å²) in [5, 5.41) is 22.6. The normalized spacial score (nSPS) is 15.5. The molecule has 0 aliphatic carbocycles. The summed E-state index contributed by atoms with van der Waals surface area (Å²) in [6.07, 6.45) is 3.21. The lowest BCUT2D eigenvalue weighted by atomic mass is 10.1. The average Bonchev–Trinajstić information content (AvgIpc) is 3.20. The van der Waals surface area contributed by atoms with Gasteiger partial charge in [-0.05, 0) is 73.0 Å². The molecular weight excluding hydrogens is 490 g/mol. The van der Waals surface area contributed by atoms with E-state index >= 15 is 0 Å². The van der Waals surface area contributed by atoms with Gasteiger partial charge in [-0.15, -0.1) is 0 Å². The van der Waals surface area contributed by atoms with E-state index in [0.29, 0.717) is 16.5 Å². The van der Waals surface area contributed by atoms with Crippen molar-refractivity contribution in [2.45, 2.75) is 33.6 Å². The van der Waals surface area contributed by atoms with Crippen LogP contribution in [0.2, 0.25) is 0 Å². The zero-order valence-corrected chi connectivity index (χ0v) is 21.6. The predicted molar refractivity (Wildman–Crippen MR) is 148 cm³/mol. The molecule has 3 aromatic carbocycles. The van der Waals surface area contributed by atoms with Crippen LogP contribution in [-0.2, 0) is 17.6 Å². The van der Waals surface area contributed by atoms with E-state index < -0.39 is 4.92 Å². The van der Waals surface area contributed by atoms with Gasteiger partial charge in [0.15, 0.2) is 16.7 Å². The van der Waals surface area contributed by atoms with Crippen LogP contribution < -0.4 is 9.64 Å². The Hall–Kier alpha value is -4.11. The van der Waals surface area contributed by atoms with Crippen molar-refractivity contribution in [1.29, 1.82) is 0 Å². The van der Waals surface area contributed by atoms with E-state index in [2.05, 4.69) is 13.8 Å². The molecule has 37 heavy (non-hydrogen) atoms. The minimum absolute atomic E-state index is 0.0177. The molecule has 0 aromatic heterocycles. The first-order valence-corrected chi connectivity index (χ1v) is 12.8. The molecule has 1 aliphatic rings. The van der Waals surface area contributed by atoms with Gasteiger partial charge in [-0.2, -0.15) is 0 Å². The second-order valence-corrected chi connectivity index (χ2v) is 9.27. The van der Waals surface area contributed by atoms with Crippen molar-refractivity contribution in [3.05, 3.63) is 92.4 Å². The first-order chi connectivity index (χ1) is 17.8. The smallest absolute Gasteiger partial charge is 0.274 e. The number of hydrogen-bond acceptors (Lipinski definition) is 7. The average molecular weight is 518 g/mol. The molecule has 1 N–H and O–H groups in total. The molecule has 3 aromatic rings. The van der Waals surface area contributed by atoms with E-state index in [9.17, 15) is 20.0 Å². The third kappa shape index (κ3) is 5.67. The van der Waals surface area contributed by atoms with Crippen molar-refractivity contribution in [2.75, 3.05) is 11.5 Å². The van der Waals surface area contributed by atoms with Gasteiger partial charge in [-0.1, -0.05) is 38.1 Å². The number of aryl methyl sites for hydroxylation is 2. The Kier molecular flexibility index (Phi) is 7.93. The van der Waals surface area contributed by atoms with Gasteiger partial charge in [-0.25, -0.2) is 4.99 Å². The molecule has 190 valence electrons. The number of benzene rings is 3. The molecule has 1 amide bonds. The Balaban J connectivity index is 1.81. The number of phenols is 1. The van der Waals surface area contributed by atoms with Crippen LogP contribution in [0.5, 0.6) is 11.5 Å². The highest BCUT2D eigenvalue weighted by molar-refractivity contribution is 8.19. The molecule has 0 unspecified atom stereocenters. The fourth-order valence-electron chi connectivity index (χ4n) is 3.81. The lowest BCUT2D eigenvalue weighted by Gasteiger charge is -2.16. The standard InChI is InChI=1S/C28H27N3O5S/c1-4-18-7-11-21(12-8-18)29-28-30(22-13-9-19(5-2)10-14-22)27(33)25(37-28)16-20-15-23(31(34)35)17-24(26(20)32)36-6-3/h7-17,32H,4-6H2,1-3H3/b25-16-,29-28?. The summed E-state index contributed by atoms with van der Waals surface area (Å²) in [6, 6.07) is 17.8. The minimum Gasteiger partial charge on any atom is -0.504 e. The Morgan fingerprint density at radius 3 is 2.22 bits per heavy atom. The molecular formula is C28H27N3O5S. The van der Waals surface area contributed by atoms with Crippen molar-refractivity contribution < 1.29 is 19.6 Å². The number of thioether (sulfide) groups is 1. The van der Waals surface area contributed by atoms with Crippen LogP contribution in [0.15, 0.2) is 70.6 Å². The van der Waals surface area contributed by atoms with Crippen LogP contribution in [-0.4, -0.2) is 27.7 Å². The summed E-state index contributed by atoms with van der Waals surface area (Å²) in [6.45, 7) is 6.06. The van der Waals surface area contributed by atoms with Crippen molar-refractivity contribution in [3.63, 3.8) is 0 Å². The van der Waals surface area contributed by atoms with Gasteiger partial charge in [0, 0.05) is 11.6 Å². The minimum atomic E-state index is -0.567. The number of aliphatic imine (C=N–C) groups is 1.